The highest BCUT2D eigenvalue weighted by Gasteiger charge is 2.42. The van der Waals surface area contributed by atoms with Gasteiger partial charge in [-0.3, -0.25) is 4.79 Å². The van der Waals surface area contributed by atoms with Gasteiger partial charge in [-0.2, -0.15) is 4.73 Å². The van der Waals surface area contributed by atoms with Gasteiger partial charge < -0.3 is 15.0 Å². The molecule has 2 fully saturated rings. The van der Waals surface area contributed by atoms with Gasteiger partial charge in [0.1, 0.15) is 0 Å². The zero-order chi connectivity index (χ0) is 19.4. The van der Waals surface area contributed by atoms with Gasteiger partial charge in [-0.1, -0.05) is 30.3 Å². The standard InChI is InChI=1S/C23H29N3O2/c27-22(21-9-15-26(28)16-10-21)25-17-12-23(19-25)11-5-14-24(18-23)13-4-8-20-6-2-1-3-7-20/h1-3,6-7,9-10,15-16H,4-5,8,11-14,17-19H2. The summed E-state index contributed by atoms with van der Waals surface area (Å²) in [6.45, 7) is 5.07. The van der Waals surface area contributed by atoms with Crippen molar-refractivity contribution in [3.05, 3.63) is 71.2 Å². The molecule has 1 unspecified atom stereocenters. The highest BCUT2D eigenvalue weighted by Crippen LogP contribution is 2.39. The Bertz CT molecular complexity index is 793. The first-order chi connectivity index (χ1) is 13.6. The molecule has 1 atom stereocenters. The van der Waals surface area contributed by atoms with Gasteiger partial charge in [0, 0.05) is 37.2 Å². The summed E-state index contributed by atoms with van der Waals surface area (Å²) in [5.41, 5.74) is 2.27. The van der Waals surface area contributed by atoms with Crippen molar-refractivity contribution in [1.82, 2.24) is 9.80 Å². The third-order valence-corrected chi connectivity index (χ3v) is 6.30. The molecule has 0 N–H and O–H groups in total. The Morgan fingerprint density at radius 2 is 1.82 bits per heavy atom. The number of pyridine rings is 1. The monoisotopic (exact) mass is 379 g/mol. The van der Waals surface area contributed by atoms with E-state index in [9.17, 15) is 10.0 Å². The van der Waals surface area contributed by atoms with Crippen LogP contribution in [0.5, 0.6) is 0 Å². The number of rotatable bonds is 5. The lowest BCUT2D eigenvalue weighted by atomic mass is 9.79. The largest absolute Gasteiger partial charge is 0.619 e. The Morgan fingerprint density at radius 3 is 2.61 bits per heavy atom. The highest BCUT2D eigenvalue weighted by molar-refractivity contribution is 5.94. The smallest absolute Gasteiger partial charge is 0.254 e. The number of piperidine rings is 1. The minimum absolute atomic E-state index is 0.0543. The molecule has 2 saturated heterocycles. The van der Waals surface area contributed by atoms with E-state index in [1.165, 1.54) is 43.8 Å². The lowest BCUT2D eigenvalue weighted by Crippen LogP contribution is -2.45. The minimum Gasteiger partial charge on any atom is -0.619 e. The van der Waals surface area contributed by atoms with E-state index in [-0.39, 0.29) is 11.3 Å². The Balaban J connectivity index is 1.31. The van der Waals surface area contributed by atoms with Crippen LogP contribution in [0.1, 0.15) is 41.6 Å². The van der Waals surface area contributed by atoms with E-state index in [1.54, 1.807) is 12.1 Å². The van der Waals surface area contributed by atoms with Crippen LogP contribution in [0.3, 0.4) is 0 Å². The Morgan fingerprint density at radius 1 is 1.04 bits per heavy atom. The van der Waals surface area contributed by atoms with Crippen LogP contribution < -0.4 is 4.73 Å². The summed E-state index contributed by atoms with van der Waals surface area (Å²) in [4.78, 5) is 17.4. The van der Waals surface area contributed by atoms with Crippen molar-refractivity contribution in [2.75, 3.05) is 32.7 Å². The number of nitrogens with zero attached hydrogens (tertiary/aromatic N) is 3. The van der Waals surface area contributed by atoms with Crippen LogP contribution in [-0.2, 0) is 6.42 Å². The predicted molar refractivity (Wildman–Crippen MR) is 109 cm³/mol. The normalized spacial score (nSPS) is 22.6. The second-order valence-corrected chi connectivity index (χ2v) is 8.39. The van der Waals surface area contributed by atoms with Gasteiger partial charge in [-0.25, -0.2) is 0 Å². The van der Waals surface area contributed by atoms with Crippen LogP contribution >= 0.6 is 0 Å². The van der Waals surface area contributed by atoms with Crippen molar-refractivity contribution in [2.24, 2.45) is 5.41 Å². The fourth-order valence-corrected chi connectivity index (χ4v) is 4.83. The number of amides is 1. The molecule has 148 valence electrons. The fraction of sp³-hybridized carbons (Fsp3) is 0.478. The minimum atomic E-state index is 0.0543. The van der Waals surface area contributed by atoms with Gasteiger partial charge in [0.15, 0.2) is 12.4 Å². The van der Waals surface area contributed by atoms with Crippen molar-refractivity contribution in [2.45, 2.75) is 32.1 Å². The summed E-state index contributed by atoms with van der Waals surface area (Å²) in [6.07, 6.45) is 8.62. The quantitative estimate of drug-likeness (QED) is 0.593. The number of likely N-dealkylation sites (tertiary alicyclic amines) is 2. The Kier molecular flexibility index (Phi) is 5.62. The summed E-state index contributed by atoms with van der Waals surface area (Å²) >= 11 is 0. The molecule has 2 aliphatic rings. The number of carbonyl (C=O) groups is 1. The van der Waals surface area contributed by atoms with Crippen LogP contribution in [0, 0.1) is 10.6 Å². The molecule has 1 aromatic heterocycles. The van der Waals surface area contributed by atoms with E-state index < -0.39 is 0 Å². The molecule has 3 heterocycles. The van der Waals surface area contributed by atoms with Crippen molar-refractivity contribution < 1.29 is 9.52 Å². The molecule has 0 saturated carbocycles. The molecule has 5 heteroatoms. The molecule has 1 aromatic carbocycles. The molecule has 1 amide bonds. The number of aromatic nitrogens is 1. The maximum atomic E-state index is 12.8. The number of aryl methyl sites for hydroxylation is 1. The zero-order valence-corrected chi connectivity index (χ0v) is 16.4. The molecule has 4 rings (SSSR count). The molecule has 0 radical (unpaired) electrons. The van der Waals surface area contributed by atoms with E-state index in [2.05, 4.69) is 35.2 Å². The van der Waals surface area contributed by atoms with Crippen molar-refractivity contribution in [1.29, 1.82) is 0 Å². The van der Waals surface area contributed by atoms with E-state index in [0.717, 1.165) is 43.8 Å². The van der Waals surface area contributed by atoms with E-state index >= 15 is 0 Å². The molecule has 5 nitrogen and oxygen atoms in total. The SMILES string of the molecule is O=C(c1cc[n+]([O-])cc1)N1CCC2(CCCN(CCCc3ccccc3)C2)C1. The molecule has 1 spiro atoms. The van der Waals surface area contributed by atoms with Gasteiger partial charge in [0.05, 0.1) is 5.56 Å². The van der Waals surface area contributed by atoms with E-state index in [1.807, 2.05) is 4.90 Å². The summed E-state index contributed by atoms with van der Waals surface area (Å²) in [5, 5.41) is 11.2. The number of hydrogen-bond donors (Lipinski definition) is 0. The maximum Gasteiger partial charge on any atom is 0.254 e. The van der Waals surface area contributed by atoms with Crippen LogP contribution in [0.4, 0.5) is 0 Å². The summed E-state index contributed by atoms with van der Waals surface area (Å²) in [5.74, 6) is 0.0543. The first kappa shape index (κ1) is 18.9. The zero-order valence-electron chi connectivity index (χ0n) is 16.4. The van der Waals surface area contributed by atoms with Crippen LogP contribution in [0.2, 0.25) is 0 Å². The van der Waals surface area contributed by atoms with Gasteiger partial charge in [0.25, 0.3) is 5.91 Å². The first-order valence-electron chi connectivity index (χ1n) is 10.4. The van der Waals surface area contributed by atoms with Crippen molar-refractivity contribution in [3.8, 4) is 0 Å². The summed E-state index contributed by atoms with van der Waals surface area (Å²) in [6, 6.07) is 13.9. The molecule has 2 aromatic rings. The average Bonchev–Trinajstić information content (AvgIpc) is 3.12. The Hall–Kier alpha value is -2.40. The number of benzene rings is 1. The summed E-state index contributed by atoms with van der Waals surface area (Å²) < 4.78 is 0.719. The third-order valence-electron chi connectivity index (χ3n) is 6.30. The van der Waals surface area contributed by atoms with E-state index in [4.69, 9.17) is 0 Å². The lowest BCUT2D eigenvalue weighted by molar-refractivity contribution is -0.605. The third kappa shape index (κ3) is 4.36. The molecular formula is C23H29N3O2. The van der Waals surface area contributed by atoms with Gasteiger partial charge in [0.2, 0.25) is 0 Å². The fourth-order valence-electron chi connectivity index (χ4n) is 4.83. The van der Waals surface area contributed by atoms with Crippen LogP contribution in [0.15, 0.2) is 54.9 Å². The maximum absolute atomic E-state index is 12.8. The van der Waals surface area contributed by atoms with Gasteiger partial charge in [-0.05, 0) is 50.8 Å². The van der Waals surface area contributed by atoms with E-state index in [0.29, 0.717) is 5.56 Å². The molecule has 0 aliphatic carbocycles. The van der Waals surface area contributed by atoms with Gasteiger partial charge in [-0.15, -0.1) is 0 Å². The van der Waals surface area contributed by atoms with Crippen LogP contribution in [0.25, 0.3) is 0 Å². The number of carbonyl (C=O) groups excluding carboxylic acids is 1. The second-order valence-electron chi connectivity index (χ2n) is 8.39. The Labute approximate surface area is 167 Å². The first-order valence-corrected chi connectivity index (χ1v) is 10.4. The van der Waals surface area contributed by atoms with Crippen molar-refractivity contribution in [3.63, 3.8) is 0 Å². The molecule has 0 bridgehead atoms. The van der Waals surface area contributed by atoms with Gasteiger partial charge >= 0.3 is 0 Å². The lowest BCUT2D eigenvalue weighted by Gasteiger charge is -2.40. The molecule has 28 heavy (non-hydrogen) atoms. The predicted octanol–water partition coefficient (Wildman–Crippen LogP) is 2.88. The highest BCUT2D eigenvalue weighted by atomic mass is 16.5. The second kappa shape index (κ2) is 8.31. The summed E-state index contributed by atoms with van der Waals surface area (Å²) in [7, 11) is 0. The average molecular weight is 380 g/mol. The molecule has 2 aliphatic heterocycles. The topological polar surface area (TPSA) is 50.5 Å². The molecular weight excluding hydrogens is 350 g/mol. The number of hydrogen-bond acceptors (Lipinski definition) is 3. The van der Waals surface area contributed by atoms with Crippen LogP contribution in [-0.4, -0.2) is 48.4 Å². The van der Waals surface area contributed by atoms with Crippen molar-refractivity contribution >= 4 is 5.91 Å².